The molecule has 188 valence electrons. The van der Waals surface area contributed by atoms with Crippen molar-refractivity contribution in [3.8, 4) is 0 Å². The van der Waals surface area contributed by atoms with E-state index >= 15 is 0 Å². The summed E-state index contributed by atoms with van der Waals surface area (Å²) in [6, 6.07) is 26.6. The largest absolute Gasteiger partial charge is 0.452 e. The number of nitrogens with zero attached hydrogens (tertiary/aromatic N) is 4. The number of anilines is 1. The van der Waals surface area contributed by atoms with Crippen molar-refractivity contribution in [2.45, 2.75) is 18.9 Å². The lowest BCUT2D eigenvalue weighted by molar-refractivity contribution is -0.124. The Morgan fingerprint density at radius 1 is 0.838 bits per heavy atom. The number of carbonyl (C=O) groups excluding carboxylic acids is 3. The maximum absolute atomic E-state index is 12.6. The van der Waals surface area contributed by atoms with Crippen LogP contribution < -0.4 is 10.6 Å². The third kappa shape index (κ3) is 7.31. The van der Waals surface area contributed by atoms with E-state index in [2.05, 4.69) is 50.4 Å². The smallest absolute Gasteiger partial charge is 0.340 e. The monoisotopic (exact) mass is 498 g/mol. The molecule has 0 aliphatic heterocycles. The number of amides is 2. The molecule has 4 aromatic rings. The van der Waals surface area contributed by atoms with Gasteiger partial charge in [0, 0.05) is 12.5 Å². The second kappa shape index (κ2) is 12.7. The molecule has 10 nitrogen and oxygen atoms in total. The highest BCUT2D eigenvalue weighted by Gasteiger charge is 2.17. The number of para-hydroxylation sites is 1. The minimum Gasteiger partial charge on any atom is -0.452 e. The highest BCUT2D eigenvalue weighted by Crippen LogP contribution is 2.27. The molecule has 0 atom stereocenters. The normalized spacial score (nSPS) is 10.6. The van der Waals surface area contributed by atoms with Crippen LogP contribution in [0.25, 0.3) is 0 Å². The van der Waals surface area contributed by atoms with Crippen LogP contribution in [0.5, 0.6) is 0 Å². The molecular formula is C27H26N6O4. The van der Waals surface area contributed by atoms with Crippen LogP contribution in [0.4, 0.5) is 5.69 Å². The predicted molar refractivity (Wildman–Crippen MR) is 136 cm³/mol. The topological polar surface area (TPSA) is 128 Å². The minimum atomic E-state index is -0.722. The molecular weight excluding hydrogens is 472 g/mol. The first kappa shape index (κ1) is 25.2. The van der Waals surface area contributed by atoms with Crippen molar-refractivity contribution in [3.63, 3.8) is 0 Å². The molecule has 4 rings (SSSR count). The van der Waals surface area contributed by atoms with Gasteiger partial charge in [0.05, 0.1) is 11.3 Å². The molecule has 1 heterocycles. The number of rotatable bonds is 11. The summed E-state index contributed by atoms with van der Waals surface area (Å²) in [4.78, 5) is 37.3. The van der Waals surface area contributed by atoms with Crippen LogP contribution in [-0.2, 0) is 20.9 Å². The number of hydrogen-bond donors (Lipinski definition) is 2. The van der Waals surface area contributed by atoms with Gasteiger partial charge in [-0.05, 0) is 40.1 Å². The maximum atomic E-state index is 12.6. The van der Waals surface area contributed by atoms with Crippen LogP contribution in [0.15, 0.2) is 91.3 Å². The molecule has 1 aromatic heterocycles. The van der Waals surface area contributed by atoms with Gasteiger partial charge in [-0.15, -0.1) is 5.10 Å². The van der Waals surface area contributed by atoms with Crippen LogP contribution in [0.2, 0.25) is 0 Å². The van der Waals surface area contributed by atoms with Crippen molar-refractivity contribution in [2.24, 2.45) is 0 Å². The fraction of sp³-hybridized carbons (Fsp3) is 0.185. The molecule has 2 amide bonds. The highest BCUT2D eigenvalue weighted by atomic mass is 16.5. The molecule has 0 bridgehead atoms. The third-order valence-electron chi connectivity index (χ3n) is 5.61. The molecule has 0 unspecified atom stereocenters. The van der Waals surface area contributed by atoms with Crippen molar-refractivity contribution in [1.82, 2.24) is 25.5 Å². The van der Waals surface area contributed by atoms with Gasteiger partial charge in [-0.2, -0.15) is 0 Å². The number of aromatic nitrogens is 4. The Morgan fingerprint density at radius 3 is 2.14 bits per heavy atom. The summed E-state index contributed by atoms with van der Waals surface area (Å²) >= 11 is 0. The Kier molecular flexibility index (Phi) is 8.68. The molecule has 0 spiro atoms. The van der Waals surface area contributed by atoms with Crippen molar-refractivity contribution in [1.29, 1.82) is 0 Å². The van der Waals surface area contributed by atoms with Crippen molar-refractivity contribution >= 4 is 23.5 Å². The van der Waals surface area contributed by atoms with Crippen LogP contribution in [0.3, 0.4) is 0 Å². The Bertz CT molecular complexity index is 1270. The lowest BCUT2D eigenvalue weighted by Gasteiger charge is -2.18. The summed E-state index contributed by atoms with van der Waals surface area (Å²) in [5.74, 6) is -1.43. The summed E-state index contributed by atoms with van der Waals surface area (Å²) in [5, 5.41) is 16.0. The van der Waals surface area contributed by atoms with Gasteiger partial charge in [0.15, 0.2) is 6.61 Å². The van der Waals surface area contributed by atoms with Gasteiger partial charge >= 0.3 is 5.97 Å². The van der Waals surface area contributed by atoms with Crippen LogP contribution in [0.1, 0.15) is 33.8 Å². The quantitative estimate of drug-likeness (QED) is 0.304. The van der Waals surface area contributed by atoms with Gasteiger partial charge < -0.3 is 15.4 Å². The van der Waals surface area contributed by atoms with E-state index in [4.69, 9.17) is 4.74 Å². The van der Waals surface area contributed by atoms with Crippen LogP contribution >= 0.6 is 0 Å². The predicted octanol–water partition coefficient (Wildman–Crippen LogP) is 2.81. The lowest BCUT2D eigenvalue weighted by atomic mass is 9.88. The second-order valence-electron chi connectivity index (χ2n) is 8.19. The van der Waals surface area contributed by atoms with Crippen LogP contribution in [-0.4, -0.2) is 51.1 Å². The Balaban J connectivity index is 1.28. The molecule has 0 saturated heterocycles. The first-order valence-electron chi connectivity index (χ1n) is 11.7. The van der Waals surface area contributed by atoms with E-state index in [1.165, 1.54) is 17.1 Å². The molecule has 3 aromatic carbocycles. The fourth-order valence-electron chi connectivity index (χ4n) is 3.87. The van der Waals surface area contributed by atoms with E-state index in [1.54, 1.807) is 18.2 Å². The number of carbonyl (C=O) groups is 3. The van der Waals surface area contributed by atoms with E-state index < -0.39 is 24.4 Å². The first-order chi connectivity index (χ1) is 18.1. The number of ether oxygens (including phenoxy) is 1. The van der Waals surface area contributed by atoms with Gasteiger partial charge in [-0.3, -0.25) is 9.59 Å². The standard InChI is InChI=1S/C27H26N6O4/c34-25(17-33-19-29-31-32-33)30-24-14-8-7-13-23(24)27(36)37-18-26(35)28-16-15-22(20-9-3-1-4-10-20)21-11-5-2-6-12-21/h1-14,19,22H,15-18H2,(H,28,35)(H,30,34). The number of esters is 1. The van der Waals surface area contributed by atoms with Gasteiger partial charge in [0.2, 0.25) is 5.91 Å². The fourth-order valence-corrected chi connectivity index (χ4v) is 3.87. The van der Waals surface area contributed by atoms with Crippen LogP contribution in [0, 0.1) is 0 Å². The summed E-state index contributed by atoms with van der Waals surface area (Å²) in [6.45, 7) is -0.145. The van der Waals surface area contributed by atoms with E-state index in [1.807, 2.05) is 36.4 Å². The third-order valence-corrected chi connectivity index (χ3v) is 5.61. The Morgan fingerprint density at radius 2 is 1.49 bits per heavy atom. The van der Waals surface area contributed by atoms with Gasteiger partial charge in [-0.25, -0.2) is 9.48 Å². The van der Waals surface area contributed by atoms with Gasteiger partial charge in [0.25, 0.3) is 5.91 Å². The molecule has 0 saturated carbocycles. The van der Waals surface area contributed by atoms with Crippen molar-refractivity contribution in [2.75, 3.05) is 18.5 Å². The van der Waals surface area contributed by atoms with E-state index in [-0.39, 0.29) is 23.7 Å². The summed E-state index contributed by atoms with van der Waals surface area (Å²) < 4.78 is 6.46. The number of tetrazole rings is 1. The molecule has 10 heteroatoms. The average molecular weight is 499 g/mol. The van der Waals surface area contributed by atoms with E-state index in [0.717, 1.165) is 11.1 Å². The number of benzene rings is 3. The molecule has 0 aliphatic rings. The SMILES string of the molecule is O=C(COC(=O)c1ccccc1NC(=O)Cn1cnnn1)NCCC(c1ccccc1)c1ccccc1. The zero-order chi connectivity index (χ0) is 25.9. The number of nitrogens with one attached hydrogen (secondary N) is 2. The second-order valence-corrected chi connectivity index (χ2v) is 8.19. The van der Waals surface area contributed by atoms with Crippen molar-refractivity contribution in [3.05, 3.63) is 108 Å². The lowest BCUT2D eigenvalue weighted by Crippen LogP contribution is -2.30. The summed E-state index contributed by atoms with van der Waals surface area (Å²) in [7, 11) is 0. The maximum Gasteiger partial charge on any atom is 0.340 e. The minimum absolute atomic E-state index is 0.119. The summed E-state index contributed by atoms with van der Waals surface area (Å²) in [5.41, 5.74) is 2.72. The van der Waals surface area contributed by atoms with Gasteiger partial charge in [-0.1, -0.05) is 72.8 Å². The molecule has 2 N–H and O–H groups in total. The summed E-state index contributed by atoms with van der Waals surface area (Å²) in [6.07, 6.45) is 1.99. The highest BCUT2D eigenvalue weighted by molar-refractivity contribution is 6.01. The molecule has 0 radical (unpaired) electrons. The zero-order valence-electron chi connectivity index (χ0n) is 20.0. The van der Waals surface area contributed by atoms with Gasteiger partial charge in [0.1, 0.15) is 12.9 Å². The zero-order valence-corrected chi connectivity index (χ0v) is 20.0. The van der Waals surface area contributed by atoms with E-state index in [9.17, 15) is 14.4 Å². The Labute approximate surface area is 213 Å². The molecule has 37 heavy (non-hydrogen) atoms. The molecule has 0 aliphatic carbocycles. The van der Waals surface area contributed by atoms with Crippen molar-refractivity contribution < 1.29 is 19.1 Å². The van der Waals surface area contributed by atoms with E-state index in [0.29, 0.717) is 13.0 Å². The average Bonchev–Trinajstić information content (AvgIpc) is 3.44. The first-order valence-corrected chi connectivity index (χ1v) is 11.7. The Hall–Kier alpha value is -4.86. The number of hydrogen-bond acceptors (Lipinski definition) is 7. The molecule has 0 fully saturated rings.